The number of halogens is 3. The monoisotopic (exact) mass is 266 g/mol. The molecule has 0 aromatic carbocycles. The summed E-state index contributed by atoms with van der Waals surface area (Å²) >= 11 is 3.21. The molecule has 0 N–H and O–H groups in total. The van der Waals surface area contributed by atoms with Crippen LogP contribution >= 0.6 is 15.9 Å². The SMILES string of the molecule is CC(C)(CC(F)F)Cn1cnc(Br)c1. The van der Waals surface area contributed by atoms with Crippen LogP contribution in [0.5, 0.6) is 0 Å². The summed E-state index contributed by atoms with van der Waals surface area (Å²) < 4.78 is 26.9. The lowest BCUT2D eigenvalue weighted by Crippen LogP contribution is -2.21. The van der Waals surface area contributed by atoms with Crippen molar-refractivity contribution in [1.29, 1.82) is 0 Å². The van der Waals surface area contributed by atoms with Gasteiger partial charge in [0, 0.05) is 19.2 Å². The highest BCUT2D eigenvalue weighted by Gasteiger charge is 2.23. The molecule has 0 atom stereocenters. The molecule has 5 heteroatoms. The van der Waals surface area contributed by atoms with Crippen LogP contribution < -0.4 is 0 Å². The zero-order valence-electron chi connectivity index (χ0n) is 8.17. The molecule has 1 heterocycles. The zero-order chi connectivity index (χ0) is 10.8. The summed E-state index contributed by atoms with van der Waals surface area (Å²) in [6, 6.07) is 0. The number of nitrogens with zero attached hydrogens (tertiary/aromatic N) is 2. The Morgan fingerprint density at radius 3 is 2.64 bits per heavy atom. The summed E-state index contributed by atoms with van der Waals surface area (Å²) in [7, 11) is 0. The highest BCUT2D eigenvalue weighted by molar-refractivity contribution is 9.10. The molecular weight excluding hydrogens is 254 g/mol. The van der Waals surface area contributed by atoms with Crippen molar-refractivity contribution in [2.75, 3.05) is 0 Å². The Hall–Kier alpha value is -0.450. The molecule has 1 aromatic rings. The predicted molar refractivity (Wildman–Crippen MR) is 54.3 cm³/mol. The van der Waals surface area contributed by atoms with Crippen molar-refractivity contribution in [2.45, 2.75) is 33.2 Å². The minimum atomic E-state index is -2.25. The molecule has 0 unspecified atom stereocenters. The predicted octanol–water partition coefficient (Wildman–Crippen LogP) is 3.33. The van der Waals surface area contributed by atoms with E-state index in [0.29, 0.717) is 6.54 Å². The standard InChI is InChI=1S/C9H13BrF2N2/c1-9(2,3-8(11)12)5-14-4-7(10)13-6-14/h4,6,8H,3,5H2,1-2H3. The Bertz CT molecular complexity index is 297. The molecule has 0 bridgehead atoms. The van der Waals surface area contributed by atoms with Gasteiger partial charge in [-0.3, -0.25) is 0 Å². The van der Waals surface area contributed by atoms with Gasteiger partial charge in [0.05, 0.1) is 6.33 Å². The molecule has 0 saturated carbocycles. The zero-order valence-corrected chi connectivity index (χ0v) is 9.76. The van der Waals surface area contributed by atoms with Crippen LogP contribution in [0.1, 0.15) is 20.3 Å². The van der Waals surface area contributed by atoms with Crippen molar-refractivity contribution in [3.05, 3.63) is 17.1 Å². The molecular formula is C9H13BrF2N2. The van der Waals surface area contributed by atoms with Crippen molar-refractivity contribution in [3.8, 4) is 0 Å². The van der Waals surface area contributed by atoms with Gasteiger partial charge < -0.3 is 4.57 Å². The number of aromatic nitrogens is 2. The number of hydrogen-bond donors (Lipinski definition) is 0. The van der Waals surface area contributed by atoms with Crippen LogP contribution in [0.2, 0.25) is 0 Å². The normalized spacial score (nSPS) is 12.4. The van der Waals surface area contributed by atoms with E-state index in [1.165, 1.54) is 0 Å². The second-order valence-electron chi connectivity index (χ2n) is 4.13. The van der Waals surface area contributed by atoms with Gasteiger partial charge in [-0.25, -0.2) is 13.8 Å². The fourth-order valence-corrected chi connectivity index (χ4v) is 1.75. The Morgan fingerprint density at radius 2 is 2.21 bits per heavy atom. The number of rotatable bonds is 4. The quantitative estimate of drug-likeness (QED) is 0.818. The van der Waals surface area contributed by atoms with Crippen LogP contribution in [0.3, 0.4) is 0 Å². The lowest BCUT2D eigenvalue weighted by molar-refractivity contribution is 0.0795. The molecule has 0 saturated heterocycles. The molecule has 0 amide bonds. The van der Waals surface area contributed by atoms with Gasteiger partial charge in [-0.2, -0.15) is 0 Å². The van der Waals surface area contributed by atoms with Gasteiger partial charge in [0.15, 0.2) is 0 Å². The summed E-state index contributed by atoms with van der Waals surface area (Å²) in [5, 5.41) is 0. The van der Waals surface area contributed by atoms with E-state index in [1.807, 2.05) is 18.4 Å². The molecule has 1 aromatic heterocycles. The second-order valence-corrected chi connectivity index (χ2v) is 4.94. The van der Waals surface area contributed by atoms with Gasteiger partial charge in [0.1, 0.15) is 4.60 Å². The van der Waals surface area contributed by atoms with E-state index in [4.69, 9.17) is 0 Å². The minimum absolute atomic E-state index is 0.0944. The Balaban J connectivity index is 2.58. The fraction of sp³-hybridized carbons (Fsp3) is 0.667. The average Bonchev–Trinajstić information content (AvgIpc) is 2.30. The third-order valence-corrected chi connectivity index (χ3v) is 2.33. The highest BCUT2D eigenvalue weighted by atomic mass is 79.9. The summed E-state index contributed by atoms with van der Waals surface area (Å²) in [6.45, 7) is 4.20. The minimum Gasteiger partial charge on any atom is -0.336 e. The molecule has 14 heavy (non-hydrogen) atoms. The van der Waals surface area contributed by atoms with E-state index in [1.54, 1.807) is 12.5 Å². The third-order valence-electron chi connectivity index (χ3n) is 1.92. The van der Waals surface area contributed by atoms with Crippen LogP contribution in [-0.2, 0) is 6.54 Å². The summed E-state index contributed by atoms with van der Waals surface area (Å²) in [5.74, 6) is 0. The first-order valence-corrected chi connectivity index (χ1v) is 5.14. The van der Waals surface area contributed by atoms with Crippen molar-refractivity contribution in [3.63, 3.8) is 0 Å². The molecule has 1 rings (SSSR count). The number of imidazole rings is 1. The van der Waals surface area contributed by atoms with Crippen LogP contribution in [0.25, 0.3) is 0 Å². The average molecular weight is 267 g/mol. The van der Waals surface area contributed by atoms with Crippen molar-refractivity contribution >= 4 is 15.9 Å². The maximum atomic E-state index is 12.2. The van der Waals surface area contributed by atoms with Gasteiger partial charge in [-0.15, -0.1) is 0 Å². The summed E-state index contributed by atoms with van der Waals surface area (Å²) in [6.07, 6.45) is 1.07. The first-order valence-electron chi connectivity index (χ1n) is 4.34. The van der Waals surface area contributed by atoms with Crippen molar-refractivity contribution in [1.82, 2.24) is 9.55 Å². The van der Waals surface area contributed by atoms with Crippen LogP contribution in [0.15, 0.2) is 17.1 Å². The van der Waals surface area contributed by atoms with Gasteiger partial charge in [0.2, 0.25) is 6.43 Å². The van der Waals surface area contributed by atoms with Crippen molar-refractivity contribution in [2.24, 2.45) is 5.41 Å². The molecule has 0 aliphatic carbocycles. The molecule has 0 radical (unpaired) electrons. The smallest absolute Gasteiger partial charge is 0.239 e. The lowest BCUT2D eigenvalue weighted by Gasteiger charge is -2.24. The Kier molecular flexibility index (Phi) is 3.64. The lowest BCUT2D eigenvalue weighted by atomic mass is 9.89. The van der Waals surface area contributed by atoms with Crippen molar-refractivity contribution < 1.29 is 8.78 Å². The maximum Gasteiger partial charge on any atom is 0.239 e. The van der Waals surface area contributed by atoms with E-state index in [9.17, 15) is 8.78 Å². The number of hydrogen-bond acceptors (Lipinski definition) is 1. The van der Waals surface area contributed by atoms with Gasteiger partial charge >= 0.3 is 0 Å². The first kappa shape index (κ1) is 11.6. The largest absolute Gasteiger partial charge is 0.336 e. The molecule has 0 aliphatic heterocycles. The van der Waals surface area contributed by atoms with Gasteiger partial charge in [-0.1, -0.05) is 13.8 Å². The van der Waals surface area contributed by atoms with E-state index < -0.39 is 11.8 Å². The molecule has 0 fully saturated rings. The molecule has 80 valence electrons. The third kappa shape index (κ3) is 3.74. The summed E-state index contributed by atoms with van der Waals surface area (Å²) in [5.41, 5.74) is -0.408. The molecule has 0 aliphatic rings. The van der Waals surface area contributed by atoms with Crippen LogP contribution in [0.4, 0.5) is 8.78 Å². The van der Waals surface area contributed by atoms with E-state index in [-0.39, 0.29) is 6.42 Å². The maximum absolute atomic E-state index is 12.2. The van der Waals surface area contributed by atoms with E-state index in [0.717, 1.165) is 4.60 Å². The highest BCUT2D eigenvalue weighted by Crippen LogP contribution is 2.26. The molecule has 2 nitrogen and oxygen atoms in total. The first-order chi connectivity index (χ1) is 6.39. The molecule has 0 spiro atoms. The van der Waals surface area contributed by atoms with Gasteiger partial charge in [0.25, 0.3) is 0 Å². The van der Waals surface area contributed by atoms with Gasteiger partial charge in [-0.05, 0) is 21.3 Å². The fourth-order valence-electron chi connectivity index (χ4n) is 1.40. The topological polar surface area (TPSA) is 17.8 Å². The van der Waals surface area contributed by atoms with E-state index >= 15 is 0 Å². The van der Waals surface area contributed by atoms with E-state index in [2.05, 4.69) is 20.9 Å². The van der Waals surface area contributed by atoms with Crippen LogP contribution in [0, 0.1) is 5.41 Å². The Labute approximate surface area is 90.5 Å². The summed E-state index contributed by atoms with van der Waals surface area (Å²) in [4.78, 5) is 3.97. The Morgan fingerprint density at radius 1 is 1.57 bits per heavy atom. The van der Waals surface area contributed by atoms with Crippen LogP contribution in [-0.4, -0.2) is 16.0 Å². The second kappa shape index (κ2) is 4.38. The number of alkyl halides is 2.